The van der Waals surface area contributed by atoms with Crippen molar-refractivity contribution >= 4 is 0 Å². The molecule has 0 saturated heterocycles. The molecule has 1 unspecified atom stereocenters. The van der Waals surface area contributed by atoms with Gasteiger partial charge in [0, 0.05) is 18.5 Å². The van der Waals surface area contributed by atoms with Gasteiger partial charge in [0.1, 0.15) is 12.2 Å². The van der Waals surface area contributed by atoms with Crippen LogP contribution in [0.4, 0.5) is 0 Å². The van der Waals surface area contributed by atoms with Gasteiger partial charge < -0.3 is 5.73 Å². The summed E-state index contributed by atoms with van der Waals surface area (Å²) in [6.45, 7) is 8.90. The molecule has 1 saturated carbocycles. The van der Waals surface area contributed by atoms with Gasteiger partial charge in [-0.25, -0.2) is 9.67 Å². The molecule has 114 valence electrons. The van der Waals surface area contributed by atoms with Gasteiger partial charge in [0.15, 0.2) is 0 Å². The predicted octanol–water partition coefficient (Wildman–Crippen LogP) is 3.34. The van der Waals surface area contributed by atoms with E-state index in [2.05, 4.69) is 37.8 Å². The van der Waals surface area contributed by atoms with Crippen LogP contribution in [0.5, 0.6) is 0 Å². The molecule has 1 aromatic rings. The molecule has 1 aliphatic rings. The topological polar surface area (TPSA) is 56.7 Å². The van der Waals surface area contributed by atoms with Crippen LogP contribution in [0.15, 0.2) is 6.33 Å². The van der Waals surface area contributed by atoms with E-state index < -0.39 is 0 Å². The highest BCUT2D eigenvalue weighted by Gasteiger charge is 2.40. The third-order valence-electron chi connectivity index (χ3n) is 4.74. The highest BCUT2D eigenvalue weighted by atomic mass is 15.3. The lowest BCUT2D eigenvalue weighted by atomic mass is 9.72. The molecule has 2 N–H and O–H groups in total. The van der Waals surface area contributed by atoms with Crippen molar-refractivity contribution in [2.45, 2.75) is 78.3 Å². The minimum atomic E-state index is 0.203. The van der Waals surface area contributed by atoms with Gasteiger partial charge in [-0.3, -0.25) is 0 Å². The van der Waals surface area contributed by atoms with Crippen LogP contribution >= 0.6 is 0 Å². The zero-order chi connectivity index (χ0) is 14.8. The number of nitrogens with two attached hydrogens (primary N) is 1. The van der Waals surface area contributed by atoms with Gasteiger partial charge in [-0.1, -0.05) is 26.7 Å². The Morgan fingerprint density at radius 3 is 2.45 bits per heavy atom. The maximum absolute atomic E-state index is 6.64. The van der Waals surface area contributed by atoms with E-state index in [0.29, 0.717) is 17.4 Å². The van der Waals surface area contributed by atoms with Crippen LogP contribution in [-0.4, -0.2) is 20.8 Å². The van der Waals surface area contributed by atoms with Crippen molar-refractivity contribution in [2.75, 3.05) is 0 Å². The second-order valence-electron chi connectivity index (χ2n) is 7.19. The van der Waals surface area contributed by atoms with Crippen LogP contribution in [0.3, 0.4) is 0 Å². The molecule has 0 aromatic carbocycles. The van der Waals surface area contributed by atoms with Crippen LogP contribution in [0.25, 0.3) is 0 Å². The Balaban J connectivity index is 2.12. The normalized spacial score (nSPS) is 19.9. The van der Waals surface area contributed by atoms with Crippen molar-refractivity contribution in [2.24, 2.45) is 17.1 Å². The Labute approximate surface area is 123 Å². The Bertz CT molecular complexity index is 416. The summed E-state index contributed by atoms with van der Waals surface area (Å²) in [5.74, 6) is 1.75. The molecule has 1 heterocycles. The standard InChI is InChI=1S/C16H30N4/c1-12(2)10-16(7-5-6-8-16)14(17)9-15-18-11-19-20(15)13(3)4/h11-14H,5-10,17H2,1-4H3. The smallest absolute Gasteiger partial charge is 0.138 e. The summed E-state index contributed by atoms with van der Waals surface area (Å²) in [4.78, 5) is 4.43. The molecule has 4 nitrogen and oxygen atoms in total. The van der Waals surface area contributed by atoms with Crippen LogP contribution in [-0.2, 0) is 6.42 Å². The van der Waals surface area contributed by atoms with Crippen molar-refractivity contribution in [3.63, 3.8) is 0 Å². The fourth-order valence-electron chi connectivity index (χ4n) is 3.88. The van der Waals surface area contributed by atoms with Crippen molar-refractivity contribution < 1.29 is 0 Å². The molecule has 20 heavy (non-hydrogen) atoms. The van der Waals surface area contributed by atoms with Crippen LogP contribution < -0.4 is 5.73 Å². The third kappa shape index (κ3) is 3.22. The second kappa shape index (κ2) is 6.25. The molecule has 0 spiro atoms. The van der Waals surface area contributed by atoms with Crippen molar-refractivity contribution in [1.82, 2.24) is 14.8 Å². The van der Waals surface area contributed by atoms with Gasteiger partial charge in [0.05, 0.1) is 0 Å². The number of nitrogens with zero attached hydrogens (tertiary/aromatic N) is 3. The van der Waals surface area contributed by atoms with Crippen molar-refractivity contribution in [3.8, 4) is 0 Å². The average Bonchev–Trinajstić information content (AvgIpc) is 2.97. The molecule has 1 aromatic heterocycles. The Morgan fingerprint density at radius 1 is 1.25 bits per heavy atom. The summed E-state index contributed by atoms with van der Waals surface area (Å²) in [5.41, 5.74) is 6.96. The van der Waals surface area contributed by atoms with E-state index in [-0.39, 0.29) is 6.04 Å². The van der Waals surface area contributed by atoms with E-state index in [1.807, 2.05) is 4.68 Å². The molecule has 0 bridgehead atoms. The van der Waals surface area contributed by atoms with Gasteiger partial charge in [-0.05, 0) is 44.4 Å². The van der Waals surface area contributed by atoms with E-state index in [1.165, 1.54) is 32.1 Å². The van der Waals surface area contributed by atoms with E-state index >= 15 is 0 Å². The largest absolute Gasteiger partial charge is 0.327 e. The van der Waals surface area contributed by atoms with E-state index in [9.17, 15) is 0 Å². The lowest BCUT2D eigenvalue weighted by Crippen LogP contribution is -2.43. The minimum absolute atomic E-state index is 0.203. The molecular formula is C16H30N4. The molecule has 2 rings (SSSR count). The van der Waals surface area contributed by atoms with Gasteiger partial charge in [0.25, 0.3) is 0 Å². The van der Waals surface area contributed by atoms with Gasteiger partial charge >= 0.3 is 0 Å². The van der Waals surface area contributed by atoms with E-state index in [4.69, 9.17) is 5.73 Å². The third-order valence-corrected chi connectivity index (χ3v) is 4.74. The molecular weight excluding hydrogens is 248 g/mol. The molecule has 1 atom stereocenters. The summed E-state index contributed by atoms with van der Waals surface area (Å²) >= 11 is 0. The minimum Gasteiger partial charge on any atom is -0.327 e. The Kier molecular flexibility index (Phi) is 4.84. The summed E-state index contributed by atoms with van der Waals surface area (Å²) in [6.07, 6.45) is 8.97. The number of rotatable bonds is 6. The lowest BCUT2D eigenvalue weighted by Gasteiger charge is -2.37. The van der Waals surface area contributed by atoms with Crippen LogP contribution in [0, 0.1) is 11.3 Å². The molecule has 1 fully saturated rings. The summed E-state index contributed by atoms with van der Waals surface area (Å²) in [5, 5.41) is 4.33. The van der Waals surface area contributed by atoms with E-state index in [1.54, 1.807) is 6.33 Å². The summed E-state index contributed by atoms with van der Waals surface area (Å²) < 4.78 is 2.01. The van der Waals surface area contributed by atoms with E-state index in [0.717, 1.165) is 12.2 Å². The van der Waals surface area contributed by atoms with Crippen LogP contribution in [0.1, 0.15) is 71.7 Å². The van der Waals surface area contributed by atoms with Crippen molar-refractivity contribution in [1.29, 1.82) is 0 Å². The first-order valence-electron chi connectivity index (χ1n) is 8.08. The molecule has 0 radical (unpaired) electrons. The lowest BCUT2D eigenvalue weighted by molar-refractivity contribution is 0.178. The molecule has 0 amide bonds. The summed E-state index contributed by atoms with van der Waals surface area (Å²) in [6, 6.07) is 0.554. The number of hydrogen-bond donors (Lipinski definition) is 1. The highest BCUT2D eigenvalue weighted by molar-refractivity contribution is 5.00. The number of aromatic nitrogens is 3. The van der Waals surface area contributed by atoms with Crippen LogP contribution in [0.2, 0.25) is 0 Å². The fraction of sp³-hybridized carbons (Fsp3) is 0.875. The van der Waals surface area contributed by atoms with Crippen molar-refractivity contribution in [3.05, 3.63) is 12.2 Å². The predicted molar refractivity (Wildman–Crippen MR) is 82.4 cm³/mol. The monoisotopic (exact) mass is 278 g/mol. The van der Waals surface area contributed by atoms with Gasteiger partial charge in [-0.2, -0.15) is 5.10 Å². The quantitative estimate of drug-likeness (QED) is 0.868. The number of hydrogen-bond acceptors (Lipinski definition) is 3. The molecule has 0 aliphatic heterocycles. The second-order valence-corrected chi connectivity index (χ2v) is 7.19. The zero-order valence-corrected chi connectivity index (χ0v) is 13.5. The van der Waals surface area contributed by atoms with Gasteiger partial charge in [0.2, 0.25) is 0 Å². The average molecular weight is 278 g/mol. The fourth-order valence-corrected chi connectivity index (χ4v) is 3.88. The van der Waals surface area contributed by atoms with Gasteiger partial charge in [-0.15, -0.1) is 0 Å². The first kappa shape index (κ1) is 15.5. The Morgan fingerprint density at radius 2 is 1.90 bits per heavy atom. The maximum atomic E-state index is 6.64. The summed E-state index contributed by atoms with van der Waals surface area (Å²) in [7, 11) is 0. The molecule has 1 aliphatic carbocycles. The Hall–Kier alpha value is -0.900. The zero-order valence-electron chi connectivity index (χ0n) is 13.5. The maximum Gasteiger partial charge on any atom is 0.138 e. The SMILES string of the molecule is CC(C)CC1(C(N)Cc2ncnn2C(C)C)CCCC1. The first-order chi connectivity index (χ1) is 9.44. The first-order valence-corrected chi connectivity index (χ1v) is 8.08. The molecule has 4 heteroatoms. The highest BCUT2D eigenvalue weighted by Crippen LogP contribution is 2.45.